The quantitative estimate of drug-likeness (QED) is 0.279. The lowest BCUT2D eigenvalue weighted by molar-refractivity contribution is -0.162. The highest BCUT2D eigenvalue weighted by atomic mass is 19.1. The SMILES string of the molecule is COC1CC(=O)OC(CCn2c(-c3ccc(F)cc3)c(C3C=CC=CC3)c(C(=O)Nc3ccccc3)c2C(C)C)C1. The Kier molecular flexibility index (Phi) is 8.84. The molecule has 1 aliphatic carbocycles. The molecule has 1 aliphatic heterocycles. The standard InChI is InChI=1S/C34H37FN2O4/c1-22(2)32-31(34(39)36-26-12-8-5-9-13-26)30(23-10-6-4-7-11-23)33(24-14-16-25(35)17-15-24)37(32)19-18-27-20-28(40-3)21-29(38)41-27/h4-10,12-17,22-23,27-28H,11,18-21H2,1-3H3,(H,36,39). The second-order valence-corrected chi connectivity index (χ2v) is 11.0. The van der Waals surface area contributed by atoms with E-state index in [-0.39, 0.29) is 48.2 Å². The van der Waals surface area contributed by atoms with Gasteiger partial charge in [-0.15, -0.1) is 0 Å². The number of halogens is 1. The van der Waals surface area contributed by atoms with E-state index in [0.29, 0.717) is 30.6 Å². The van der Waals surface area contributed by atoms with Gasteiger partial charge in [0, 0.05) is 43.8 Å². The molecule has 3 atom stereocenters. The fourth-order valence-corrected chi connectivity index (χ4v) is 5.99. The number of hydrogen-bond acceptors (Lipinski definition) is 4. The van der Waals surface area contributed by atoms with Crippen LogP contribution in [-0.2, 0) is 20.8 Å². The molecule has 2 aliphatic rings. The highest BCUT2D eigenvalue weighted by Gasteiger charge is 2.34. The second kappa shape index (κ2) is 12.7. The number of ether oxygens (including phenoxy) is 2. The highest BCUT2D eigenvalue weighted by molar-refractivity contribution is 6.08. The Labute approximate surface area is 240 Å². The average Bonchev–Trinajstić information content (AvgIpc) is 3.33. The van der Waals surface area contributed by atoms with E-state index >= 15 is 0 Å². The summed E-state index contributed by atoms with van der Waals surface area (Å²) in [4.78, 5) is 26.4. The number of esters is 1. The maximum Gasteiger partial charge on any atom is 0.308 e. The molecule has 0 saturated carbocycles. The van der Waals surface area contributed by atoms with E-state index in [0.717, 1.165) is 28.9 Å². The van der Waals surface area contributed by atoms with Crippen molar-refractivity contribution in [1.82, 2.24) is 4.57 Å². The summed E-state index contributed by atoms with van der Waals surface area (Å²) in [5, 5.41) is 3.12. The van der Waals surface area contributed by atoms with E-state index in [2.05, 4.69) is 35.9 Å². The van der Waals surface area contributed by atoms with Gasteiger partial charge >= 0.3 is 5.97 Å². The molecule has 0 spiro atoms. The van der Waals surface area contributed by atoms with Gasteiger partial charge in [-0.3, -0.25) is 9.59 Å². The number of rotatable bonds is 9. The van der Waals surface area contributed by atoms with Crippen molar-refractivity contribution < 1.29 is 23.5 Å². The van der Waals surface area contributed by atoms with Crippen molar-refractivity contribution in [1.29, 1.82) is 0 Å². The number of hydrogen-bond donors (Lipinski definition) is 1. The summed E-state index contributed by atoms with van der Waals surface area (Å²) in [5.41, 5.74) is 4.91. The average molecular weight is 557 g/mol. The van der Waals surface area contributed by atoms with Crippen LogP contribution in [0, 0.1) is 5.82 Å². The van der Waals surface area contributed by atoms with Gasteiger partial charge in [-0.1, -0.05) is 56.4 Å². The number of nitrogens with zero attached hydrogens (tertiary/aromatic N) is 1. The van der Waals surface area contributed by atoms with Crippen LogP contribution in [0.25, 0.3) is 11.3 Å². The third kappa shape index (κ3) is 6.35. The Morgan fingerprint density at radius 3 is 2.54 bits per heavy atom. The van der Waals surface area contributed by atoms with Crippen LogP contribution in [0.2, 0.25) is 0 Å². The summed E-state index contributed by atoms with van der Waals surface area (Å²) in [5.74, 6) is -0.793. The minimum atomic E-state index is -0.320. The predicted octanol–water partition coefficient (Wildman–Crippen LogP) is 7.38. The maximum absolute atomic E-state index is 14.2. The van der Waals surface area contributed by atoms with E-state index < -0.39 is 0 Å². The molecule has 0 bridgehead atoms. The number of amides is 1. The number of cyclic esters (lactones) is 1. The Hall–Kier alpha value is -3.97. The monoisotopic (exact) mass is 556 g/mol. The molecule has 2 heterocycles. The van der Waals surface area contributed by atoms with Crippen LogP contribution in [0.1, 0.15) is 73.0 Å². The highest BCUT2D eigenvalue weighted by Crippen LogP contribution is 2.43. The first-order valence-electron chi connectivity index (χ1n) is 14.3. The zero-order valence-electron chi connectivity index (χ0n) is 23.8. The van der Waals surface area contributed by atoms with E-state index in [4.69, 9.17) is 9.47 Å². The summed E-state index contributed by atoms with van der Waals surface area (Å²) in [6.07, 6.45) is 9.98. The predicted molar refractivity (Wildman–Crippen MR) is 158 cm³/mol. The second-order valence-electron chi connectivity index (χ2n) is 11.0. The fraction of sp³-hybridized carbons (Fsp3) is 0.353. The minimum absolute atomic E-state index is 0.00298. The van der Waals surface area contributed by atoms with Crippen molar-refractivity contribution in [2.45, 2.75) is 70.1 Å². The molecular formula is C34H37FN2O4. The van der Waals surface area contributed by atoms with E-state index in [1.807, 2.05) is 42.5 Å². The van der Waals surface area contributed by atoms with Crippen LogP contribution in [0.3, 0.4) is 0 Å². The van der Waals surface area contributed by atoms with Crippen molar-refractivity contribution >= 4 is 17.6 Å². The number of allylic oxidation sites excluding steroid dienone is 4. The van der Waals surface area contributed by atoms with E-state index in [9.17, 15) is 14.0 Å². The molecule has 1 saturated heterocycles. The number of aromatic nitrogens is 1. The maximum atomic E-state index is 14.2. The van der Waals surface area contributed by atoms with Gasteiger partial charge in [0.05, 0.1) is 23.8 Å². The molecule has 1 aromatic heterocycles. The van der Waals surface area contributed by atoms with Gasteiger partial charge in [0.15, 0.2) is 0 Å². The molecule has 41 heavy (non-hydrogen) atoms. The molecule has 1 amide bonds. The van der Waals surface area contributed by atoms with Crippen LogP contribution in [0.5, 0.6) is 0 Å². The van der Waals surface area contributed by atoms with Crippen molar-refractivity contribution in [3.63, 3.8) is 0 Å². The molecule has 5 rings (SSSR count). The number of anilines is 1. The van der Waals surface area contributed by atoms with Gasteiger partial charge in [-0.25, -0.2) is 4.39 Å². The lowest BCUT2D eigenvalue weighted by atomic mass is 9.86. The van der Waals surface area contributed by atoms with Crippen LogP contribution >= 0.6 is 0 Å². The van der Waals surface area contributed by atoms with Crippen LogP contribution < -0.4 is 5.32 Å². The zero-order chi connectivity index (χ0) is 28.9. The first-order chi connectivity index (χ1) is 19.9. The van der Waals surface area contributed by atoms with E-state index in [1.54, 1.807) is 19.2 Å². The molecule has 214 valence electrons. The number of carbonyl (C=O) groups excluding carboxylic acids is 2. The summed E-state index contributed by atoms with van der Waals surface area (Å²) < 4.78 is 27.5. The van der Waals surface area contributed by atoms with Crippen molar-refractivity contribution in [2.75, 3.05) is 12.4 Å². The van der Waals surface area contributed by atoms with E-state index in [1.165, 1.54) is 12.1 Å². The molecule has 3 unspecified atom stereocenters. The third-order valence-electron chi connectivity index (χ3n) is 7.84. The Bertz CT molecular complexity index is 1440. The normalized spacial score (nSPS) is 20.3. The summed E-state index contributed by atoms with van der Waals surface area (Å²) in [6.45, 7) is 4.69. The summed E-state index contributed by atoms with van der Waals surface area (Å²) in [6, 6.07) is 15.9. The number of benzene rings is 2. The number of nitrogens with one attached hydrogen (secondary N) is 1. The molecule has 2 aromatic carbocycles. The number of carbonyl (C=O) groups is 2. The van der Waals surface area contributed by atoms with Crippen LogP contribution in [0.4, 0.5) is 10.1 Å². The van der Waals surface area contributed by atoms with Crippen LogP contribution in [0.15, 0.2) is 78.9 Å². The first kappa shape index (κ1) is 28.6. The first-order valence-corrected chi connectivity index (χ1v) is 14.3. The Balaban J connectivity index is 1.66. The van der Waals surface area contributed by atoms with Gasteiger partial charge in [0.25, 0.3) is 5.91 Å². The lowest BCUT2D eigenvalue weighted by Gasteiger charge is -2.29. The minimum Gasteiger partial charge on any atom is -0.462 e. The van der Waals surface area contributed by atoms with Crippen molar-refractivity contribution in [2.24, 2.45) is 0 Å². The van der Waals surface area contributed by atoms with Crippen LogP contribution in [-0.4, -0.2) is 35.8 Å². The molecule has 6 nitrogen and oxygen atoms in total. The molecule has 0 radical (unpaired) electrons. The van der Waals surface area contributed by atoms with Gasteiger partial charge in [0.2, 0.25) is 0 Å². The molecule has 1 N–H and O–H groups in total. The smallest absolute Gasteiger partial charge is 0.308 e. The van der Waals surface area contributed by atoms with Gasteiger partial charge in [-0.05, 0) is 59.9 Å². The molecule has 3 aromatic rings. The number of methoxy groups -OCH3 is 1. The number of para-hydroxylation sites is 1. The topological polar surface area (TPSA) is 69.6 Å². The summed E-state index contributed by atoms with van der Waals surface area (Å²) >= 11 is 0. The zero-order valence-corrected chi connectivity index (χ0v) is 23.8. The Morgan fingerprint density at radius 2 is 1.88 bits per heavy atom. The summed E-state index contributed by atoms with van der Waals surface area (Å²) in [7, 11) is 1.62. The lowest BCUT2D eigenvalue weighted by Crippen LogP contribution is -2.34. The van der Waals surface area contributed by atoms with Gasteiger partial charge in [0.1, 0.15) is 11.9 Å². The largest absolute Gasteiger partial charge is 0.462 e. The fourth-order valence-electron chi connectivity index (χ4n) is 5.99. The van der Waals surface area contributed by atoms with Gasteiger partial charge < -0.3 is 19.4 Å². The molecule has 7 heteroatoms. The van der Waals surface area contributed by atoms with Crippen molar-refractivity contribution in [3.05, 3.63) is 102 Å². The molecular weight excluding hydrogens is 519 g/mol. The molecule has 1 fully saturated rings. The Morgan fingerprint density at radius 1 is 1.12 bits per heavy atom. The van der Waals surface area contributed by atoms with Gasteiger partial charge in [-0.2, -0.15) is 0 Å². The third-order valence-corrected chi connectivity index (χ3v) is 7.84. The van der Waals surface area contributed by atoms with Crippen molar-refractivity contribution in [3.8, 4) is 11.3 Å².